The van der Waals surface area contributed by atoms with Crippen LogP contribution in [0.3, 0.4) is 0 Å². The van der Waals surface area contributed by atoms with Crippen molar-refractivity contribution in [2.75, 3.05) is 18.1 Å². The Bertz CT molecular complexity index is 593. The van der Waals surface area contributed by atoms with Gasteiger partial charge in [0.2, 0.25) is 0 Å². The molecule has 0 bridgehead atoms. The molecule has 0 amide bonds. The number of nitro groups is 1. The molecule has 6 nitrogen and oxygen atoms in total. The summed E-state index contributed by atoms with van der Waals surface area (Å²) in [5, 5.41) is 20.1. The van der Waals surface area contributed by atoms with Gasteiger partial charge in [-0.3, -0.25) is 14.9 Å². The van der Waals surface area contributed by atoms with Gasteiger partial charge < -0.3 is 10.0 Å². The monoisotopic (exact) mass is 276 g/mol. The van der Waals surface area contributed by atoms with Crippen molar-refractivity contribution in [3.63, 3.8) is 0 Å². The molecule has 0 saturated heterocycles. The average Bonchev–Trinajstić information content (AvgIpc) is 2.61. The first-order valence-corrected chi connectivity index (χ1v) is 6.26. The first kappa shape index (κ1) is 14.2. The number of nitrogens with zero attached hydrogens (tertiary/aromatic N) is 2. The third kappa shape index (κ3) is 2.08. The highest BCUT2D eigenvalue weighted by molar-refractivity contribution is 5.77. The van der Waals surface area contributed by atoms with E-state index in [2.05, 4.69) is 0 Å². The van der Waals surface area contributed by atoms with Gasteiger partial charge in [-0.25, -0.2) is 0 Å². The van der Waals surface area contributed by atoms with Crippen molar-refractivity contribution in [1.82, 2.24) is 0 Å². The number of hydrogen-bond donors (Lipinski definition) is 1. The highest BCUT2D eigenvalue weighted by Crippen LogP contribution is 2.48. The second kappa shape index (κ2) is 5.05. The van der Waals surface area contributed by atoms with Crippen LogP contribution in [0.15, 0.2) is 30.0 Å². The fraction of sp³-hybridized carbons (Fsp3) is 0.357. The molecule has 0 aliphatic carbocycles. The molecule has 106 valence electrons. The smallest absolute Gasteiger partial charge is 0.269 e. The fourth-order valence-electron chi connectivity index (χ4n) is 2.68. The van der Waals surface area contributed by atoms with E-state index in [-0.39, 0.29) is 12.3 Å². The minimum absolute atomic E-state index is 0.0214. The molecule has 1 N–H and O–H groups in total. The molecule has 0 aromatic heterocycles. The van der Waals surface area contributed by atoms with Crippen LogP contribution in [0.25, 0.3) is 0 Å². The summed E-state index contributed by atoms with van der Waals surface area (Å²) < 4.78 is 0. The number of rotatable bonds is 4. The van der Waals surface area contributed by atoms with Crippen molar-refractivity contribution in [2.24, 2.45) is 0 Å². The van der Waals surface area contributed by atoms with Crippen molar-refractivity contribution in [2.45, 2.75) is 19.3 Å². The second-order valence-electron chi connectivity index (χ2n) is 5.15. The lowest BCUT2D eigenvalue weighted by atomic mass is 9.83. The minimum atomic E-state index is -0.516. The Balaban J connectivity index is 2.63. The third-order valence-electron chi connectivity index (χ3n) is 3.64. The zero-order valence-electron chi connectivity index (χ0n) is 11.4. The number of aliphatic hydroxyl groups is 1. The predicted molar refractivity (Wildman–Crippen MR) is 74.7 cm³/mol. The molecular formula is C14H16N2O4. The molecule has 0 saturated carbocycles. The Morgan fingerprint density at radius 3 is 2.70 bits per heavy atom. The lowest BCUT2D eigenvalue weighted by molar-refractivity contribution is -0.384. The van der Waals surface area contributed by atoms with E-state index >= 15 is 0 Å². The second-order valence-corrected chi connectivity index (χ2v) is 5.15. The fourth-order valence-corrected chi connectivity index (χ4v) is 2.68. The van der Waals surface area contributed by atoms with E-state index in [1.807, 2.05) is 18.7 Å². The molecule has 0 atom stereocenters. The summed E-state index contributed by atoms with van der Waals surface area (Å²) in [5.74, 6) is 0. The van der Waals surface area contributed by atoms with E-state index in [0.29, 0.717) is 12.8 Å². The number of allylic oxidation sites excluding steroid dienone is 2. The van der Waals surface area contributed by atoms with Gasteiger partial charge in [0, 0.05) is 35.5 Å². The number of carbonyl (C=O) groups excluding carboxylic acids is 1. The van der Waals surface area contributed by atoms with E-state index in [1.165, 1.54) is 18.2 Å². The summed E-state index contributed by atoms with van der Waals surface area (Å²) in [6, 6.07) is 4.63. The predicted octanol–water partition coefficient (Wildman–Crippen LogP) is 1.77. The Hall–Kier alpha value is -2.21. The molecule has 20 heavy (non-hydrogen) atoms. The van der Waals surface area contributed by atoms with Crippen molar-refractivity contribution < 1.29 is 14.8 Å². The van der Waals surface area contributed by atoms with Crippen LogP contribution >= 0.6 is 0 Å². The van der Waals surface area contributed by atoms with Crippen molar-refractivity contribution >= 4 is 17.7 Å². The quantitative estimate of drug-likeness (QED) is 0.392. The number of nitro benzene ring substituents is 1. The number of fused-ring (bicyclic) bond motifs is 1. The molecular weight excluding hydrogens is 260 g/mol. The maximum absolute atomic E-state index is 10.9. The van der Waals surface area contributed by atoms with Gasteiger partial charge in [-0.15, -0.1) is 0 Å². The zero-order valence-corrected chi connectivity index (χ0v) is 11.4. The molecule has 0 fully saturated rings. The maximum Gasteiger partial charge on any atom is 0.269 e. The number of hydrogen-bond acceptors (Lipinski definition) is 5. The van der Waals surface area contributed by atoms with E-state index in [4.69, 9.17) is 0 Å². The lowest BCUT2D eigenvalue weighted by Gasteiger charge is -2.25. The summed E-state index contributed by atoms with van der Waals surface area (Å²) >= 11 is 0. The Morgan fingerprint density at radius 1 is 1.45 bits per heavy atom. The number of non-ortho nitro benzene ring substituents is 1. The Labute approximate surface area is 116 Å². The molecule has 1 heterocycles. The molecule has 0 unspecified atom stereocenters. The van der Waals surface area contributed by atoms with Gasteiger partial charge in [0.15, 0.2) is 0 Å². The number of aldehydes is 1. The van der Waals surface area contributed by atoms with Gasteiger partial charge in [0.1, 0.15) is 6.29 Å². The number of benzene rings is 1. The average molecular weight is 276 g/mol. The normalized spacial score (nSPS) is 18.1. The molecule has 0 spiro atoms. The van der Waals surface area contributed by atoms with E-state index in [1.54, 1.807) is 6.07 Å². The highest BCUT2D eigenvalue weighted by atomic mass is 16.6. The first-order chi connectivity index (χ1) is 9.43. The van der Waals surface area contributed by atoms with Gasteiger partial charge in [0.05, 0.1) is 11.5 Å². The highest BCUT2D eigenvalue weighted by Gasteiger charge is 2.40. The van der Waals surface area contributed by atoms with Crippen LogP contribution in [0.1, 0.15) is 19.4 Å². The van der Waals surface area contributed by atoms with Gasteiger partial charge in [-0.2, -0.15) is 0 Å². The SMILES string of the molecule is CC1(C)C(=CC=O)N(CCO)c2ccc([N+](=O)[O-])cc21. The molecule has 2 rings (SSSR count). The minimum Gasteiger partial charge on any atom is -0.395 e. The van der Waals surface area contributed by atoms with Crippen molar-refractivity contribution in [1.29, 1.82) is 0 Å². The summed E-state index contributed by atoms with van der Waals surface area (Å²) in [7, 11) is 0. The Kier molecular flexibility index (Phi) is 3.59. The van der Waals surface area contributed by atoms with E-state index < -0.39 is 10.3 Å². The Morgan fingerprint density at radius 2 is 2.15 bits per heavy atom. The molecule has 6 heteroatoms. The zero-order chi connectivity index (χ0) is 14.9. The molecule has 1 aliphatic rings. The lowest BCUT2D eigenvalue weighted by Crippen LogP contribution is -2.28. The number of carbonyl (C=O) groups is 1. The first-order valence-electron chi connectivity index (χ1n) is 6.26. The molecule has 0 radical (unpaired) electrons. The van der Waals surface area contributed by atoms with Crippen LogP contribution in [-0.2, 0) is 10.2 Å². The van der Waals surface area contributed by atoms with Gasteiger partial charge in [0.25, 0.3) is 5.69 Å². The van der Waals surface area contributed by atoms with Gasteiger partial charge >= 0.3 is 0 Å². The summed E-state index contributed by atoms with van der Waals surface area (Å²) in [5.41, 5.74) is 1.82. The summed E-state index contributed by atoms with van der Waals surface area (Å²) in [4.78, 5) is 23.1. The van der Waals surface area contributed by atoms with E-state index in [9.17, 15) is 20.0 Å². The number of anilines is 1. The largest absolute Gasteiger partial charge is 0.395 e. The van der Waals surface area contributed by atoms with Crippen LogP contribution < -0.4 is 4.90 Å². The van der Waals surface area contributed by atoms with Crippen LogP contribution in [0, 0.1) is 10.1 Å². The van der Waals surface area contributed by atoms with Gasteiger partial charge in [-0.1, -0.05) is 13.8 Å². The van der Waals surface area contributed by atoms with Crippen LogP contribution in [-0.4, -0.2) is 29.5 Å². The van der Waals surface area contributed by atoms with Crippen molar-refractivity contribution in [3.05, 3.63) is 45.6 Å². The summed E-state index contributed by atoms with van der Waals surface area (Å²) in [6.45, 7) is 4.08. The number of β-amino-alcohol motifs (C(OH)–C–C–N with tert-alkyl or cyclic N) is 1. The third-order valence-corrected chi connectivity index (χ3v) is 3.64. The van der Waals surface area contributed by atoms with Gasteiger partial charge in [-0.05, 0) is 17.7 Å². The molecule has 1 aromatic rings. The molecule has 1 aromatic carbocycles. The molecule has 1 aliphatic heterocycles. The van der Waals surface area contributed by atoms with Crippen molar-refractivity contribution in [3.8, 4) is 0 Å². The van der Waals surface area contributed by atoms with Crippen LogP contribution in [0.4, 0.5) is 11.4 Å². The number of aliphatic hydroxyl groups excluding tert-OH is 1. The van der Waals surface area contributed by atoms with Crippen LogP contribution in [0.5, 0.6) is 0 Å². The topological polar surface area (TPSA) is 83.7 Å². The maximum atomic E-state index is 10.9. The van der Waals surface area contributed by atoms with E-state index in [0.717, 1.165) is 16.9 Å². The standard InChI is InChI=1S/C14H16N2O4/c1-14(2)11-9-10(16(19)20)3-4-12(11)15(6-8-18)13(14)5-7-17/h3-5,7,9,18H,6,8H2,1-2H3. The van der Waals surface area contributed by atoms with Crippen LogP contribution in [0.2, 0.25) is 0 Å². The summed E-state index contributed by atoms with van der Waals surface area (Å²) in [6.07, 6.45) is 2.14.